The predicted molar refractivity (Wildman–Crippen MR) is 190 cm³/mol. The molecule has 2 aliphatic heterocycles. The Morgan fingerprint density at radius 3 is 2.24 bits per heavy atom. The predicted octanol–water partition coefficient (Wildman–Crippen LogP) is 6.62. The molecule has 3 fully saturated rings. The number of Topliss-reactive ketones (excluding diaryl/α,β-unsaturated/α-hetero) is 1. The van der Waals surface area contributed by atoms with Crippen molar-refractivity contribution in [1.29, 1.82) is 0 Å². The smallest absolute Gasteiger partial charge is 0.246 e. The van der Waals surface area contributed by atoms with Gasteiger partial charge in [0.1, 0.15) is 11.5 Å². The summed E-state index contributed by atoms with van der Waals surface area (Å²) in [6.45, 7) is 1.45. The van der Waals surface area contributed by atoms with Gasteiger partial charge in [-0.2, -0.15) is 0 Å². The number of aromatic hydroxyl groups is 1. The highest BCUT2D eigenvalue weighted by Crippen LogP contribution is 2.65. The summed E-state index contributed by atoms with van der Waals surface area (Å²) < 4.78 is 5.40. The second kappa shape index (κ2) is 12.1. The van der Waals surface area contributed by atoms with Crippen molar-refractivity contribution in [3.63, 3.8) is 0 Å². The van der Waals surface area contributed by atoms with Gasteiger partial charge >= 0.3 is 0 Å². The number of hydrogen-bond acceptors (Lipinski definition) is 7. The molecule has 4 aliphatic rings. The number of ether oxygens (including phenoxy) is 1. The van der Waals surface area contributed by atoms with Crippen molar-refractivity contribution in [3.8, 4) is 11.5 Å². The molecule has 0 radical (unpaired) electrons. The summed E-state index contributed by atoms with van der Waals surface area (Å²) in [5, 5.41) is 12.0. The van der Waals surface area contributed by atoms with Crippen LogP contribution in [0.1, 0.15) is 47.2 Å². The molecule has 6 unspecified atom stereocenters. The maximum Gasteiger partial charge on any atom is 0.246 e. The number of imide groups is 2. The number of halogens is 1. The zero-order valence-corrected chi connectivity index (χ0v) is 28.5. The second-order valence-corrected chi connectivity index (χ2v) is 14.1. The van der Waals surface area contributed by atoms with E-state index in [4.69, 9.17) is 16.3 Å². The summed E-state index contributed by atoms with van der Waals surface area (Å²) >= 11 is 6.38. The van der Waals surface area contributed by atoms with Gasteiger partial charge in [0.25, 0.3) is 0 Å². The van der Waals surface area contributed by atoms with E-state index in [1.807, 2.05) is 36.4 Å². The van der Waals surface area contributed by atoms with E-state index in [2.05, 4.69) is 0 Å². The lowest BCUT2D eigenvalue weighted by molar-refractivity contribution is -0.127. The van der Waals surface area contributed by atoms with Crippen molar-refractivity contribution in [2.45, 2.75) is 31.1 Å². The molecule has 2 heterocycles. The Morgan fingerprint density at radius 2 is 1.57 bits per heavy atom. The summed E-state index contributed by atoms with van der Waals surface area (Å²) in [6, 6.07) is 27.0. The van der Waals surface area contributed by atoms with Gasteiger partial charge in [-0.15, -0.1) is 0 Å². The van der Waals surface area contributed by atoms with E-state index < -0.39 is 52.7 Å². The molecule has 4 aromatic carbocycles. The molecular weight excluding hydrogens is 668 g/mol. The van der Waals surface area contributed by atoms with E-state index in [0.717, 1.165) is 5.57 Å². The molecular formula is C41H33ClN2O7. The van der Waals surface area contributed by atoms with Crippen LogP contribution in [0, 0.1) is 23.7 Å². The van der Waals surface area contributed by atoms with Crippen LogP contribution in [-0.2, 0) is 24.6 Å². The number of nitrogens with zero attached hydrogens (tertiary/aromatic N) is 2. The fraction of sp³-hybridized carbons (Fsp3) is 0.244. The molecule has 0 aromatic heterocycles. The van der Waals surface area contributed by atoms with E-state index in [1.165, 1.54) is 29.9 Å². The fourth-order valence-corrected chi connectivity index (χ4v) is 9.27. The van der Waals surface area contributed by atoms with Crippen molar-refractivity contribution in [3.05, 3.63) is 130 Å². The molecule has 0 spiro atoms. The minimum absolute atomic E-state index is 0.118. The molecule has 0 bridgehead atoms. The number of phenols is 1. The van der Waals surface area contributed by atoms with Crippen LogP contribution in [0.4, 0.5) is 11.4 Å². The van der Waals surface area contributed by atoms with Gasteiger partial charge in [-0.05, 0) is 79.8 Å². The third-order valence-electron chi connectivity index (χ3n) is 11.2. The molecule has 1 saturated carbocycles. The first-order valence-electron chi connectivity index (χ1n) is 16.8. The van der Waals surface area contributed by atoms with Crippen LogP contribution in [-0.4, -0.2) is 41.6 Å². The van der Waals surface area contributed by atoms with Crippen LogP contribution in [0.2, 0.25) is 5.02 Å². The van der Waals surface area contributed by atoms with Crippen molar-refractivity contribution in [1.82, 2.24) is 0 Å². The monoisotopic (exact) mass is 700 g/mol. The Bertz CT molecular complexity index is 2180. The van der Waals surface area contributed by atoms with Gasteiger partial charge in [0, 0.05) is 28.1 Å². The number of methoxy groups -OCH3 is 1. The number of anilines is 2. The summed E-state index contributed by atoms with van der Waals surface area (Å²) in [6.07, 6.45) is 2.29. The number of phenolic OH excluding ortho intramolecular Hbond substituents is 1. The number of rotatable bonds is 6. The Morgan fingerprint density at radius 1 is 0.824 bits per heavy atom. The summed E-state index contributed by atoms with van der Waals surface area (Å²) in [5.41, 5.74) is 1.35. The highest BCUT2D eigenvalue weighted by Gasteiger charge is 2.70. The zero-order chi connectivity index (χ0) is 35.8. The van der Waals surface area contributed by atoms with Gasteiger partial charge in [0.05, 0.1) is 41.7 Å². The molecule has 256 valence electrons. The van der Waals surface area contributed by atoms with Gasteiger partial charge in [-0.25, -0.2) is 4.90 Å². The van der Waals surface area contributed by atoms with Crippen LogP contribution < -0.4 is 14.5 Å². The number of allylic oxidation sites excluding steroid dienone is 2. The molecule has 9 nitrogen and oxygen atoms in total. The Balaban J connectivity index is 1.33. The van der Waals surface area contributed by atoms with Crippen molar-refractivity contribution in [2.24, 2.45) is 23.7 Å². The van der Waals surface area contributed by atoms with E-state index in [9.17, 15) is 24.3 Å². The number of ketones is 1. The average Bonchev–Trinajstić information content (AvgIpc) is 3.52. The maximum atomic E-state index is 15.3. The summed E-state index contributed by atoms with van der Waals surface area (Å²) in [5.74, 6) is -5.48. The van der Waals surface area contributed by atoms with E-state index in [1.54, 1.807) is 60.7 Å². The standard InChI is InChI=1S/C41H33ClN2O7/c1-22(45)23-11-13-26(14-12-23)43-37(47)31-18-17-29-32(35(31)39(43)49)21-33-38(48)44(27-10-6-9-25(42)19-27)40(50)41(33,24-7-4-3-5-8-24)36(29)30-16-15-28(51-2)20-34(30)46/h3-17,19-20,31-33,35-36,46H,18,21H2,1-2H3. The number of benzene rings is 4. The van der Waals surface area contributed by atoms with Crippen molar-refractivity contribution in [2.75, 3.05) is 16.9 Å². The van der Waals surface area contributed by atoms with E-state index in [0.29, 0.717) is 38.8 Å². The largest absolute Gasteiger partial charge is 0.508 e. The van der Waals surface area contributed by atoms with Crippen LogP contribution in [0.3, 0.4) is 0 Å². The average molecular weight is 701 g/mol. The number of amides is 4. The Hall–Kier alpha value is -5.54. The van der Waals surface area contributed by atoms with E-state index in [-0.39, 0.29) is 30.3 Å². The molecule has 4 aromatic rings. The molecule has 2 saturated heterocycles. The number of fused-ring (bicyclic) bond motifs is 4. The highest BCUT2D eigenvalue weighted by molar-refractivity contribution is 6.32. The van der Waals surface area contributed by atoms with Gasteiger partial charge in [0.2, 0.25) is 23.6 Å². The quantitative estimate of drug-likeness (QED) is 0.136. The van der Waals surface area contributed by atoms with Crippen LogP contribution in [0.25, 0.3) is 0 Å². The maximum absolute atomic E-state index is 15.3. The fourth-order valence-electron chi connectivity index (χ4n) is 9.08. The van der Waals surface area contributed by atoms with E-state index >= 15 is 4.79 Å². The van der Waals surface area contributed by atoms with Gasteiger partial charge in [0.15, 0.2) is 5.78 Å². The van der Waals surface area contributed by atoms with Crippen LogP contribution in [0.15, 0.2) is 109 Å². The molecule has 10 heteroatoms. The SMILES string of the molecule is COc1ccc(C2C3=CCC4C(=O)N(c5ccc(C(C)=O)cc5)C(=O)C4C3CC3C(=O)N(c4cccc(Cl)c4)C(=O)C32c2ccccc2)c(O)c1. The topological polar surface area (TPSA) is 121 Å². The minimum Gasteiger partial charge on any atom is -0.508 e. The lowest BCUT2D eigenvalue weighted by Gasteiger charge is -2.50. The Labute approximate surface area is 299 Å². The zero-order valence-electron chi connectivity index (χ0n) is 27.8. The lowest BCUT2D eigenvalue weighted by atomic mass is 9.49. The van der Waals surface area contributed by atoms with Gasteiger partial charge in [-0.3, -0.25) is 28.9 Å². The van der Waals surface area contributed by atoms with Gasteiger partial charge in [-0.1, -0.05) is 65.7 Å². The molecule has 2 aliphatic carbocycles. The Kier molecular flexibility index (Phi) is 7.72. The first-order valence-corrected chi connectivity index (χ1v) is 17.2. The molecule has 6 atom stereocenters. The number of carbonyl (C=O) groups is 5. The molecule has 8 rings (SSSR count). The van der Waals surface area contributed by atoms with Crippen LogP contribution >= 0.6 is 11.6 Å². The number of hydrogen-bond donors (Lipinski definition) is 1. The highest BCUT2D eigenvalue weighted by atomic mass is 35.5. The summed E-state index contributed by atoms with van der Waals surface area (Å²) in [4.78, 5) is 73.0. The summed E-state index contributed by atoms with van der Waals surface area (Å²) in [7, 11) is 1.49. The van der Waals surface area contributed by atoms with Crippen molar-refractivity contribution >= 4 is 52.4 Å². The number of carbonyl (C=O) groups excluding carboxylic acids is 5. The molecule has 4 amide bonds. The minimum atomic E-state index is -1.52. The van der Waals surface area contributed by atoms with Crippen LogP contribution in [0.5, 0.6) is 11.5 Å². The van der Waals surface area contributed by atoms with Gasteiger partial charge < -0.3 is 9.84 Å². The first-order chi connectivity index (χ1) is 24.6. The second-order valence-electron chi connectivity index (χ2n) is 13.6. The molecule has 51 heavy (non-hydrogen) atoms. The normalized spacial score (nSPS) is 26.8. The van der Waals surface area contributed by atoms with Crippen molar-refractivity contribution < 1.29 is 33.8 Å². The lowest BCUT2D eigenvalue weighted by Crippen LogP contribution is -2.53. The third-order valence-corrected chi connectivity index (χ3v) is 11.5. The molecule has 1 N–H and O–H groups in total. The third kappa shape index (κ3) is 4.71. The first kappa shape index (κ1) is 32.7.